The lowest BCUT2D eigenvalue weighted by Gasteiger charge is -2.10. The van der Waals surface area contributed by atoms with E-state index in [2.05, 4.69) is 10.3 Å². The molecule has 0 radical (unpaired) electrons. The van der Waals surface area contributed by atoms with Crippen LogP contribution in [0, 0.1) is 6.92 Å². The van der Waals surface area contributed by atoms with Crippen LogP contribution in [-0.2, 0) is 0 Å². The van der Waals surface area contributed by atoms with Gasteiger partial charge in [0, 0.05) is 11.1 Å². The predicted octanol–water partition coefficient (Wildman–Crippen LogP) is 6.37. The van der Waals surface area contributed by atoms with E-state index in [1.54, 1.807) is 30.3 Å². The summed E-state index contributed by atoms with van der Waals surface area (Å²) in [6, 6.07) is 15.8. The quantitative estimate of drug-likeness (QED) is 0.411. The number of rotatable bonds is 4. The fraction of sp³-hybridized carbons (Fsp3) is 0.0909. The van der Waals surface area contributed by atoms with Crippen LogP contribution in [0.3, 0.4) is 0 Å². The topological polar surface area (TPSA) is 64.4 Å². The van der Waals surface area contributed by atoms with Crippen molar-refractivity contribution in [2.45, 2.75) is 6.92 Å². The number of nitrogens with zero attached hydrogens (tertiary/aromatic N) is 1. The maximum atomic E-state index is 12.6. The van der Waals surface area contributed by atoms with E-state index in [1.807, 2.05) is 25.1 Å². The maximum Gasteiger partial charge on any atom is 0.255 e. The average molecular weight is 427 g/mol. The van der Waals surface area contributed by atoms with E-state index in [0.717, 1.165) is 11.1 Å². The number of nitrogens with one attached hydrogen (secondary N) is 1. The van der Waals surface area contributed by atoms with Crippen LogP contribution in [-0.4, -0.2) is 18.0 Å². The fourth-order valence-electron chi connectivity index (χ4n) is 2.91. The second-order valence-electron chi connectivity index (χ2n) is 6.49. The number of benzene rings is 3. The highest BCUT2D eigenvalue weighted by molar-refractivity contribution is 6.34. The Kier molecular flexibility index (Phi) is 5.18. The summed E-state index contributed by atoms with van der Waals surface area (Å²) in [6.07, 6.45) is 0. The molecule has 29 heavy (non-hydrogen) atoms. The van der Waals surface area contributed by atoms with E-state index in [4.69, 9.17) is 32.4 Å². The molecule has 1 aromatic heterocycles. The lowest BCUT2D eigenvalue weighted by molar-refractivity contribution is 0.102. The number of ether oxygens (including phenoxy) is 1. The zero-order valence-electron chi connectivity index (χ0n) is 15.6. The molecule has 1 N–H and O–H groups in total. The Bertz CT molecular complexity index is 1230. The van der Waals surface area contributed by atoms with Crippen molar-refractivity contribution in [2.24, 2.45) is 0 Å². The minimum Gasteiger partial charge on any atom is -0.495 e. The first-order valence-corrected chi connectivity index (χ1v) is 9.52. The first-order valence-electron chi connectivity index (χ1n) is 8.76. The van der Waals surface area contributed by atoms with Crippen molar-refractivity contribution in [2.75, 3.05) is 12.4 Å². The first-order chi connectivity index (χ1) is 13.9. The number of aromatic nitrogens is 1. The maximum absolute atomic E-state index is 12.6. The second kappa shape index (κ2) is 7.78. The molecule has 0 aliphatic heterocycles. The van der Waals surface area contributed by atoms with Crippen molar-refractivity contribution >= 4 is 45.9 Å². The van der Waals surface area contributed by atoms with Gasteiger partial charge < -0.3 is 14.5 Å². The molecule has 0 fully saturated rings. The van der Waals surface area contributed by atoms with Gasteiger partial charge in [0.25, 0.3) is 5.91 Å². The molecule has 3 aromatic carbocycles. The Balaban J connectivity index is 1.64. The van der Waals surface area contributed by atoms with Gasteiger partial charge in [-0.15, -0.1) is 0 Å². The van der Waals surface area contributed by atoms with Crippen molar-refractivity contribution in [1.29, 1.82) is 0 Å². The molecule has 1 amide bonds. The van der Waals surface area contributed by atoms with Crippen LogP contribution >= 0.6 is 23.2 Å². The number of carbonyl (C=O) groups excluding carboxylic acids is 1. The molecule has 0 spiro atoms. The molecule has 4 aromatic rings. The summed E-state index contributed by atoms with van der Waals surface area (Å²) in [4.78, 5) is 17.1. The summed E-state index contributed by atoms with van der Waals surface area (Å²) in [5, 5.41) is 3.55. The largest absolute Gasteiger partial charge is 0.495 e. The van der Waals surface area contributed by atoms with Gasteiger partial charge in [-0.3, -0.25) is 4.79 Å². The van der Waals surface area contributed by atoms with E-state index in [0.29, 0.717) is 44.1 Å². The molecule has 4 rings (SSSR count). The first kappa shape index (κ1) is 19.3. The van der Waals surface area contributed by atoms with Crippen molar-refractivity contribution in [3.05, 3.63) is 75.8 Å². The van der Waals surface area contributed by atoms with Crippen LogP contribution in [0.1, 0.15) is 15.9 Å². The summed E-state index contributed by atoms with van der Waals surface area (Å²) in [7, 11) is 1.51. The van der Waals surface area contributed by atoms with Gasteiger partial charge in [0.1, 0.15) is 11.3 Å². The fourth-order valence-corrected chi connectivity index (χ4v) is 3.33. The third kappa shape index (κ3) is 3.92. The Morgan fingerprint density at radius 2 is 1.86 bits per heavy atom. The third-order valence-electron chi connectivity index (χ3n) is 4.42. The highest BCUT2D eigenvalue weighted by Crippen LogP contribution is 2.31. The monoisotopic (exact) mass is 426 g/mol. The van der Waals surface area contributed by atoms with Crippen LogP contribution in [0.5, 0.6) is 5.75 Å². The Hall–Kier alpha value is -3.02. The average Bonchev–Trinajstić information content (AvgIpc) is 3.12. The molecule has 0 atom stereocenters. The van der Waals surface area contributed by atoms with Crippen LogP contribution < -0.4 is 10.1 Å². The van der Waals surface area contributed by atoms with Crippen molar-refractivity contribution in [3.63, 3.8) is 0 Å². The highest BCUT2D eigenvalue weighted by Gasteiger charge is 2.14. The minimum absolute atomic E-state index is 0.346. The molecular weight excluding hydrogens is 411 g/mol. The number of fused-ring (bicyclic) bond motifs is 1. The normalized spacial score (nSPS) is 10.9. The van der Waals surface area contributed by atoms with Crippen molar-refractivity contribution < 1.29 is 13.9 Å². The molecule has 146 valence electrons. The summed E-state index contributed by atoms with van der Waals surface area (Å²) in [5.41, 5.74) is 4.08. The van der Waals surface area contributed by atoms with E-state index < -0.39 is 0 Å². The molecule has 1 heterocycles. The molecule has 0 saturated heterocycles. The summed E-state index contributed by atoms with van der Waals surface area (Å²) in [6.45, 7) is 1.99. The molecule has 0 bridgehead atoms. The third-order valence-corrected chi connectivity index (χ3v) is 5.04. The smallest absolute Gasteiger partial charge is 0.255 e. The van der Waals surface area contributed by atoms with E-state index in [-0.39, 0.29) is 5.91 Å². The lowest BCUT2D eigenvalue weighted by Crippen LogP contribution is -2.12. The van der Waals surface area contributed by atoms with Gasteiger partial charge in [0.2, 0.25) is 5.89 Å². The lowest BCUT2D eigenvalue weighted by atomic mass is 10.1. The number of hydrogen-bond acceptors (Lipinski definition) is 4. The van der Waals surface area contributed by atoms with Crippen LogP contribution in [0.2, 0.25) is 10.0 Å². The predicted molar refractivity (Wildman–Crippen MR) is 115 cm³/mol. The zero-order chi connectivity index (χ0) is 20.5. The van der Waals surface area contributed by atoms with Crippen LogP contribution in [0.25, 0.3) is 22.6 Å². The Labute approximate surface area is 177 Å². The SMILES string of the molecule is COc1ccc(C(=O)Nc2cc(-c3nc4ccc(C)cc4o3)ccc2Cl)cc1Cl. The number of hydrogen-bond donors (Lipinski definition) is 1. The molecule has 0 aliphatic carbocycles. The van der Waals surface area contributed by atoms with E-state index in [9.17, 15) is 4.79 Å². The molecule has 0 saturated carbocycles. The van der Waals surface area contributed by atoms with Gasteiger partial charge in [-0.1, -0.05) is 29.3 Å². The number of anilines is 1. The Morgan fingerprint density at radius 1 is 1.03 bits per heavy atom. The molecular formula is C22H16Cl2N2O3. The van der Waals surface area contributed by atoms with Crippen LogP contribution in [0.4, 0.5) is 5.69 Å². The number of oxazole rings is 1. The standard InChI is InChI=1S/C22H16Cl2N2O3/c1-12-3-7-17-20(9-12)29-22(26-17)14-4-6-15(23)18(11-14)25-21(27)13-5-8-19(28-2)16(24)10-13/h3-11H,1-2H3,(H,25,27). The van der Waals surface area contributed by atoms with Gasteiger partial charge in [0.15, 0.2) is 5.58 Å². The number of aryl methyl sites for hydroxylation is 1. The summed E-state index contributed by atoms with van der Waals surface area (Å²) >= 11 is 12.4. The number of amides is 1. The van der Waals surface area contributed by atoms with Crippen LogP contribution in [0.15, 0.2) is 59.0 Å². The van der Waals surface area contributed by atoms with Gasteiger partial charge >= 0.3 is 0 Å². The zero-order valence-corrected chi connectivity index (χ0v) is 17.1. The number of carbonyl (C=O) groups is 1. The second-order valence-corrected chi connectivity index (χ2v) is 7.30. The van der Waals surface area contributed by atoms with E-state index in [1.165, 1.54) is 13.2 Å². The van der Waals surface area contributed by atoms with Gasteiger partial charge in [0.05, 0.1) is 22.8 Å². The van der Waals surface area contributed by atoms with Gasteiger partial charge in [-0.05, 0) is 61.0 Å². The van der Waals surface area contributed by atoms with E-state index >= 15 is 0 Å². The molecule has 0 unspecified atom stereocenters. The number of halogens is 2. The molecule has 0 aliphatic rings. The molecule has 7 heteroatoms. The van der Waals surface area contributed by atoms with Gasteiger partial charge in [-0.25, -0.2) is 4.98 Å². The Morgan fingerprint density at radius 3 is 2.62 bits per heavy atom. The van der Waals surface area contributed by atoms with Crippen molar-refractivity contribution in [3.8, 4) is 17.2 Å². The minimum atomic E-state index is -0.346. The highest BCUT2D eigenvalue weighted by atomic mass is 35.5. The molecule has 5 nitrogen and oxygen atoms in total. The summed E-state index contributed by atoms with van der Waals surface area (Å²) < 4.78 is 11.0. The van der Waals surface area contributed by atoms with Gasteiger partial charge in [-0.2, -0.15) is 0 Å². The summed E-state index contributed by atoms with van der Waals surface area (Å²) in [5.74, 6) is 0.599. The van der Waals surface area contributed by atoms with Crippen molar-refractivity contribution in [1.82, 2.24) is 4.98 Å². The number of methoxy groups -OCH3 is 1.